The van der Waals surface area contributed by atoms with E-state index >= 15 is 0 Å². The van der Waals surface area contributed by atoms with Gasteiger partial charge in [-0.2, -0.15) is 0 Å². The summed E-state index contributed by atoms with van der Waals surface area (Å²) in [6, 6.07) is 11.9. The summed E-state index contributed by atoms with van der Waals surface area (Å²) in [6.07, 6.45) is 0. The number of rotatable bonds is 8. The average Bonchev–Trinajstić information content (AvgIpc) is 2.75. The number of nitrogens with zero attached hydrogens (tertiary/aromatic N) is 1. The van der Waals surface area contributed by atoms with Crippen molar-refractivity contribution in [2.24, 2.45) is 5.92 Å². The molecule has 0 aliphatic carbocycles. The van der Waals surface area contributed by atoms with E-state index in [4.69, 9.17) is 21.7 Å². The Kier molecular flexibility index (Phi) is 8.70. The molecule has 0 saturated carbocycles. The first-order chi connectivity index (χ1) is 14.7. The number of hydrogen-bond acceptors (Lipinski definition) is 7. The van der Waals surface area contributed by atoms with Gasteiger partial charge >= 0.3 is 0 Å². The van der Waals surface area contributed by atoms with Gasteiger partial charge in [0.1, 0.15) is 11.5 Å². The zero-order valence-corrected chi connectivity index (χ0v) is 17.7. The van der Waals surface area contributed by atoms with Crippen LogP contribution in [0.1, 0.15) is 24.2 Å². The highest BCUT2D eigenvalue weighted by atomic mass is 32.1. The number of nitro groups is 1. The van der Waals surface area contributed by atoms with E-state index in [1.165, 1.54) is 24.3 Å². The number of ether oxygens (including phenoxy) is 2. The van der Waals surface area contributed by atoms with Crippen molar-refractivity contribution in [1.82, 2.24) is 16.2 Å². The van der Waals surface area contributed by atoms with Gasteiger partial charge in [0.15, 0.2) is 11.7 Å². The Bertz CT molecular complexity index is 932. The Hall–Kier alpha value is -3.73. The van der Waals surface area contributed by atoms with E-state index in [-0.39, 0.29) is 23.2 Å². The highest BCUT2D eigenvalue weighted by Gasteiger charge is 2.10. The number of carbonyl (C=O) groups is 2. The molecule has 3 N–H and O–H groups in total. The van der Waals surface area contributed by atoms with Gasteiger partial charge in [-0.05, 0) is 54.5 Å². The molecule has 0 spiro atoms. The topological polar surface area (TPSA) is 132 Å². The first-order valence-electron chi connectivity index (χ1n) is 9.25. The van der Waals surface area contributed by atoms with Gasteiger partial charge in [0.2, 0.25) is 0 Å². The molecule has 11 heteroatoms. The molecular weight excluding hydrogens is 424 g/mol. The van der Waals surface area contributed by atoms with Crippen molar-refractivity contribution in [3.8, 4) is 11.5 Å². The van der Waals surface area contributed by atoms with Crippen molar-refractivity contribution in [2.75, 3.05) is 13.2 Å². The SMILES string of the molecule is CC(C)COc1ccc(C(=O)NC(=S)NNC(=O)COc2ccc([N+](=O)[O-])cc2)cc1. The summed E-state index contributed by atoms with van der Waals surface area (Å²) in [5, 5.41) is 12.9. The molecule has 0 saturated heterocycles. The van der Waals surface area contributed by atoms with Crippen molar-refractivity contribution in [3.63, 3.8) is 0 Å². The Morgan fingerprint density at radius 2 is 1.58 bits per heavy atom. The molecule has 2 aromatic carbocycles. The van der Waals surface area contributed by atoms with Crippen LogP contribution in [0.3, 0.4) is 0 Å². The number of amides is 2. The lowest BCUT2D eigenvalue weighted by atomic mass is 10.2. The van der Waals surface area contributed by atoms with Crippen molar-refractivity contribution in [2.45, 2.75) is 13.8 Å². The molecule has 0 fully saturated rings. The quantitative estimate of drug-likeness (QED) is 0.320. The molecule has 2 amide bonds. The second-order valence-corrected chi connectivity index (χ2v) is 7.13. The largest absolute Gasteiger partial charge is 0.493 e. The maximum absolute atomic E-state index is 12.2. The normalized spacial score (nSPS) is 10.2. The highest BCUT2D eigenvalue weighted by Crippen LogP contribution is 2.17. The molecule has 0 aliphatic rings. The molecule has 2 aromatic rings. The van der Waals surface area contributed by atoms with Crippen LogP contribution in [0.5, 0.6) is 11.5 Å². The van der Waals surface area contributed by atoms with Gasteiger partial charge in [0.25, 0.3) is 17.5 Å². The minimum atomic E-state index is -0.568. The third-order valence-corrected chi connectivity index (χ3v) is 3.86. The maximum atomic E-state index is 12.2. The van der Waals surface area contributed by atoms with Crippen LogP contribution in [0.4, 0.5) is 5.69 Å². The number of nitro benzene ring substituents is 1. The van der Waals surface area contributed by atoms with E-state index in [0.717, 1.165) is 0 Å². The fourth-order valence-corrected chi connectivity index (χ4v) is 2.29. The monoisotopic (exact) mass is 446 g/mol. The number of benzene rings is 2. The molecule has 31 heavy (non-hydrogen) atoms. The number of non-ortho nitro benzene ring substituents is 1. The molecule has 2 rings (SSSR count). The molecule has 0 aliphatic heterocycles. The summed E-state index contributed by atoms with van der Waals surface area (Å²) >= 11 is 4.97. The molecular formula is C20H22N4O6S. The first-order valence-corrected chi connectivity index (χ1v) is 9.65. The van der Waals surface area contributed by atoms with Crippen LogP contribution in [0, 0.1) is 16.0 Å². The molecule has 164 valence electrons. The molecule has 0 aromatic heterocycles. The number of nitrogens with one attached hydrogen (secondary N) is 3. The van der Waals surface area contributed by atoms with Crippen molar-refractivity contribution in [1.29, 1.82) is 0 Å². The van der Waals surface area contributed by atoms with Gasteiger partial charge in [0.05, 0.1) is 11.5 Å². The van der Waals surface area contributed by atoms with Gasteiger partial charge < -0.3 is 9.47 Å². The Morgan fingerprint density at radius 1 is 1.00 bits per heavy atom. The summed E-state index contributed by atoms with van der Waals surface area (Å²) in [5.41, 5.74) is 4.95. The number of carbonyl (C=O) groups excluding carboxylic acids is 2. The molecule has 0 unspecified atom stereocenters. The minimum Gasteiger partial charge on any atom is -0.493 e. The van der Waals surface area contributed by atoms with Crippen LogP contribution in [0.2, 0.25) is 0 Å². The predicted molar refractivity (Wildman–Crippen MR) is 117 cm³/mol. The predicted octanol–water partition coefficient (Wildman–Crippen LogP) is 2.34. The van der Waals surface area contributed by atoms with E-state index in [9.17, 15) is 19.7 Å². The second-order valence-electron chi connectivity index (χ2n) is 6.73. The minimum absolute atomic E-state index is 0.0858. The van der Waals surface area contributed by atoms with Gasteiger partial charge in [-0.15, -0.1) is 0 Å². The van der Waals surface area contributed by atoms with Gasteiger partial charge in [-0.1, -0.05) is 13.8 Å². The van der Waals surface area contributed by atoms with Crippen molar-refractivity contribution < 1.29 is 24.0 Å². The molecule has 10 nitrogen and oxygen atoms in total. The Morgan fingerprint density at radius 3 is 2.16 bits per heavy atom. The fraction of sp³-hybridized carbons (Fsp3) is 0.250. The summed E-state index contributed by atoms with van der Waals surface area (Å²) in [5.74, 6) is 0.316. The zero-order valence-electron chi connectivity index (χ0n) is 16.9. The van der Waals surface area contributed by atoms with Gasteiger partial charge in [0, 0.05) is 17.7 Å². The maximum Gasteiger partial charge on any atom is 0.276 e. The van der Waals surface area contributed by atoms with E-state index in [1.54, 1.807) is 24.3 Å². The van der Waals surface area contributed by atoms with Crippen LogP contribution < -0.4 is 25.6 Å². The number of thiocarbonyl (C=S) groups is 1. The van der Waals surface area contributed by atoms with Crippen LogP contribution >= 0.6 is 12.2 Å². The van der Waals surface area contributed by atoms with Crippen LogP contribution in [-0.4, -0.2) is 35.1 Å². The van der Waals surface area contributed by atoms with Crippen molar-refractivity contribution >= 4 is 34.8 Å². The molecule has 0 bridgehead atoms. The molecule has 0 heterocycles. The third-order valence-electron chi connectivity index (χ3n) is 3.66. The van der Waals surface area contributed by atoms with E-state index in [0.29, 0.717) is 23.8 Å². The Balaban J connectivity index is 1.72. The smallest absolute Gasteiger partial charge is 0.276 e. The van der Waals surface area contributed by atoms with E-state index in [1.807, 2.05) is 13.8 Å². The lowest BCUT2D eigenvalue weighted by Gasteiger charge is -2.12. The van der Waals surface area contributed by atoms with Crippen LogP contribution in [0.25, 0.3) is 0 Å². The van der Waals surface area contributed by atoms with Crippen LogP contribution in [0.15, 0.2) is 48.5 Å². The van der Waals surface area contributed by atoms with Crippen LogP contribution in [-0.2, 0) is 4.79 Å². The summed E-state index contributed by atoms with van der Waals surface area (Å²) in [6.45, 7) is 4.29. The van der Waals surface area contributed by atoms with Crippen molar-refractivity contribution in [3.05, 3.63) is 64.2 Å². The first kappa shape index (κ1) is 23.5. The second kappa shape index (κ2) is 11.5. The lowest BCUT2D eigenvalue weighted by Crippen LogP contribution is -2.49. The fourth-order valence-electron chi connectivity index (χ4n) is 2.15. The lowest BCUT2D eigenvalue weighted by molar-refractivity contribution is -0.384. The Labute approximate surface area is 184 Å². The molecule has 0 atom stereocenters. The summed E-state index contributed by atoms with van der Waals surface area (Å²) in [7, 11) is 0. The average molecular weight is 446 g/mol. The zero-order chi connectivity index (χ0) is 22.8. The van der Waals surface area contributed by atoms with Gasteiger partial charge in [-0.3, -0.25) is 35.9 Å². The van der Waals surface area contributed by atoms with E-state index < -0.39 is 16.7 Å². The standard InChI is InChI=1S/C20H22N4O6S/c1-13(2)11-29-16-7-3-14(4-8-16)19(26)21-20(31)23-22-18(25)12-30-17-9-5-15(6-10-17)24(27)28/h3-10,13H,11-12H2,1-2H3,(H,22,25)(H2,21,23,26,31). The summed E-state index contributed by atoms with van der Waals surface area (Å²) in [4.78, 5) is 34.1. The molecule has 0 radical (unpaired) electrons. The third kappa shape index (κ3) is 8.26. The number of hydrogen-bond donors (Lipinski definition) is 3. The summed E-state index contributed by atoms with van der Waals surface area (Å²) < 4.78 is 10.8. The van der Waals surface area contributed by atoms with E-state index in [2.05, 4.69) is 16.2 Å². The highest BCUT2D eigenvalue weighted by molar-refractivity contribution is 7.80. The van der Waals surface area contributed by atoms with Gasteiger partial charge in [-0.25, -0.2) is 0 Å². The number of hydrazine groups is 1.